The van der Waals surface area contributed by atoms with E-state index in [-0.39, 0.29) is 35.9 Å². The van der Waals surface area contributed by atoms with E-state index in [1.807, 2.05) is 30.3 Å². The Balaban J connectivity index is 1.27. The molecule has 2 N–H and O–H groups in total. The zero-order chi connectivity index (χ0) is 26.1. The highest BCUT2D eigenvalue weighted by Crippen LogP contribution is 2.52. The van der Waals surface area contributed by atoms with Crippen LogP contribution in [0.1, 0.15) is 65.7 Å². The van der Waals surface area contributed by atoms with E-state index in [9.17, 15) is 9.59 Å². The van der Waals surface area contributed by atoms with Crippen LogP contribution in [-0.4, -0.2) is 35.6 Å². The first-order chi connectivity index (χ1) is 18.6. The summed E-state index contributed by atoms with van der Waals surface area (Å²) in [5.74, 6) is 0.228. The molecule has 1 aliphatic carbocycles. The van der Waals surface area contributed by atoms with Gasteiger partial charge in [0.25, 0.3) is 5.91 Å². The average Bonchev–Trinajstić information content (AvgIpc) is 3.43. The van der Waals surface area contributed by atoms with Crippen molar-refractivity contribution in [3.63, 3.8) is 0 Å². The molecule has 3 aromatic carbocycles. The van der Waals surface area contributed by atoms with Gasteiger partial charge in [0.05, 0.1) is 18.0 Å². The Morgan fingerprint density at radius 2 is 1.63 bits per heavy atom. The maximum absolute atomic E-state index is 14.3. The van der Waals surface area contributed by atoms with Gasteiger partial charge in [0.15, 0.2) is 0 Å². The smallest absolute Gasteiger partial charge is 0.251 e. The fourth-order valence-electron chi connectivity index (χ4n) is 6.77. The molecule has 2 amide bonds. The van der Waals surface area contributed by atoms with Gasteiger partial charge in [0.2, 0.25) is 5.91 Å². The molecule has 0 unspecified atom stereocenters. The summed E-state index contributed by atoms with van der Waals surface area (Å²) in [4.78, 5) is 30.7. The molecule has 6 rings (SSSR count). The number of hydrogen-bond donors (Lipinski definition) is 2. The first-order valence-electron chi connectivity index (χ1n) is 13.8. The fourth-order valence-corrected chi connectivity index (χ4v) is 7.18. The molecule has 0 spiro atoms. The summed E-state index contributed by atoms with van der Waals surface area (Å²) < 4.78 is 0. The van der Waals surface area contributed by atoms with E-state index < -0.39 is 0 Å². The number of thioether (sulfide) groups is 1. The monoisotopic (exact) mass is 525 g/mol. The van der Waals surface area contributed by atoms with E-state index in [4.69, 9.17) is 0 Å². The minimum Gasteiger partial charge on any atom is -0.378 e. The van der Waals surface area contributed by atoms with Crippen molar-refractivity contribution in [1.82, 2.24) is 10.2 Å². The van der Waals surface area contributed by atoms with Crippen molar-refractivity contribution in [2.45, 2.75) is 55.1 Å². The molecule has 1 saturated carbocycles. The van der Waals surface area contributed by atoms with Crippen LogP contribution in [0.2, 0.25) is 0 Å². The van der Waals surface area contributed by atoms with Crippen LogP contribution in [0.5, 0.6) is 0 Å². The largest absolute Gasteiger partial charge is 0.378 e. The van der Waals surface area contributed by atoms with Crippen LogP contribution in [0, 0.1) is 11.8 Å². The second-order valence-corrected chi connectivity index (χ2v) is 11.6. The minimum absolute atomic E-state index is 0.0394. The number of para-hydroxylation sites is 1. The lowest BCUT2D eigenvalue weighted by Crippen LogP contribution is -2.50. The topological polar surface area (TPSA) is 61.4 Å². The molecular weight excluding hydrogens is 490 g/mol. The van der Waals surface area contributed by atoms with Crippen LogP contribution in [0.3, 0.4) is 0 Å². The summed E-state index contributed by atoms with van der Waals surface area (Å²) in [5.41, 5.74) is 4.24. The Morgan fingerprint density at radius 3 is 2.42 bits per heavy atom. The third-order valence-corrected chi connectivity index (χ3v) is 9.40. The number of carbonyl (C=O) groups is 2. The van der Waals surface area contributed by atoms with E-state index in [2.05, 4.69) is 70.3 Å². The second kappa shape index (κ2) is 10.9. The molecule has 5 nitrogen and oxygen atoms in total. The SMILES string of the molecule is CSc1ccc([C@H]2Nc3ccccc3[C@@H]3[C@H]2CCN3C(=O)[C@H]2CCCC[C@H]2NC(=O)c2ccccc2)cc1. The molecule has 5 atom stereocenters. The van der Waals surface area contributed by atoms with Gasteiger partial charge in [-0.1, -0.05) is 61.4 Å². The maximum Gasteiger partial charge on any atom is 0.251 e. The summed E-state index contributed by atoms with van der Waals surface area (Å²) in [6.45, 7) is 0.749. The minimum atomic E-state index is -0.184. The number of fused-ring (bicyclic) bond motifs is 3. The standard InChI is InChI=1S/C32H35N3O2S/c1-38-23-17-15-21(16-18-23)29-26-19-20-35(30(26)24-11-5-7-13-27(24)33-29)32(37)25-12-6-8-14-28(25)34-31(36)22-9-3-2-4-10-22/h2-5,7,9-11,13,15-18,25-26,28-30,33H,6,8,12,14,19-20H2,1H3,(H,34,36)/t25-,26-,28+,29+,30+/m0/s1. The van der Waals surface area contributed by atoms with Gasteiger partial charge in [-0.2, -0.15) is 0 Å². The molecule has 38 heavy (non-hydrogen) atoms. The first-order valence-corrected chi connectivity index (χ1v) is 15.0. The van der Waals surface area contributed by atoms with Crippen molar-refractivity contribution in [2.24, 2.45) is 11.8 Å². The molecule has 3 aromatic rings. The van der Waals surface area contributed by atoms with Crippen LogP contribution in [-0.2, 0) is 4.79 Å². The third kappa shape index (κ3) is 4.71. The van der Waals surface area contributed by atoms with Gasteiger partial charge in [-0.25, -0.2) is 0 Å². The van der Waals surface area contributed by atoms with Crippen molar-refractivity contribution in [3.05, 3.63) is 95.6 Å². The molecule has 196 valence electrons. The molecule has 2 fully saturated rings. The predicted octanol–water partition coefficient (Wildman–Crippen LogP) is 6.45. The highest BCUT2D eigenvalue weighted by molar-refractivity contribution is 7.98. The number of rotatable bonds is 5. The number of hydrogen-bond acceptors (Lipinski definition) is 4. The van der Waals surface area contributed by atoms with Gasteiger partial charge in [-0.15, -0.1) is 11.8 Å². The molecule has 3 aliphatic rings. The van der Waals surface area contributed by atoms with Crippen molar-refractivity contribution in [2.75, 3.05) is 18.1 Å². The van der Waals surface area contributed by atoms with E-state index in [0.29, 0.717) is 11.5 Å². The summed E-state index contributed by atoms with van der Waals surface area (Å²) in [6.07, 6.45) is 6.79. The number of benzene rings is 3. The summed E-state index contributed by atoms with van der Waals surface area (Å²) in [5, 5.41) is 7.04. The fraction of sp³-hybridized carbons (Fsp3) is 0.375. The number of amides is 2. The van der Waals surface area contributed by atoms with Crippen LogP contribution in [0.15, 0.2) is 83.8 Å². The summed E-state index contributed by atoms with van der Waals surface area (Å²) in [7, 11) is 0. The number of nitrogens with one attached hydrogen (secondary N) is 2. The maximum atomic E-state index is 14.3. The average molecular weight is 526 g/mol. The molecule has 0 aromatic heterocycles. The van der Waals surface area contributed by atoms with Crippen LogP contribution in [0.25, 0.3) is 0 Å². The number of anilines is 1. The van der Waals surface area contributed by atoms with E-state index in [0.717, 1.165) is 44.3 Å². The lowest BCUT2D eigenvalue weighted by molar-refractivity contribution is -0.138. The Morgan fingerprint density at radius 1 is 0.895 bits per heavy atom. The molecular formula is C32H35N3O2S. The van der Waals surface area contributed by atoms with Gasteiger partial charge in [0.1, 0.15) is 0 Å². The normalized spacial score (nSPS) is 26.1. The summed E-state index contributed by atoms with van der Waals surface area (Å²) >= 11 is 1.75. The van der Waals surface area contributed by atoms with E-state index in [1.54, 1.807) is 11.8 Å². The number of likely N-dealkylation sites (tertiary alicyclic amines) is 1. The van der Waals surface area contributed by atoms with Crippen LogP contribution >= 0.6 is 11.8 Å². The molecule has 0 bridgehead atoms. The second-order valence-electron chi connectivity index (χ2n) is 10.7. The van der Waals surface area contributed by atoms with Crippen molar-refractivity contribution in [3.8, 4) is 0 Å². The van der Waals surface area contributed by atoms with Crippen molar-refractivity contribution < 1.29 is 9.59 Å². The molecule has 2 aliphatic heterocycles. The van der Waals surface area contributed by atoms with Gasteiger partial charge in [0, 0.05) is 34.7 Å². The Hall–Kier alpha value is -3.25. The van der Waals surface area contributed by atoms with Crippen molar-refractivity contribution in [1.29, 1.82) is 0 Å². The predicted molar refractivity (Wildman–Crippen MR) is 153 cm³/mol. The molecule has 2 heterocycles. The van der Waals surface area contributed by atoms with Gasteiger partial charge in [-0.3, -0.25) is 9.59 Å². The number of carbonyl (C=O) groups excluding carboxylic acids is 2. The van der Waals surface area contributed by atoms with E-state index >= 15 is 0 Å². The van der Waals surface area contributed by atoms with E-state index in [1.165, 1.54) is 16.0 Å². The van der Waals surface area contributed by atoms with Crippen molar-refractivity contribution >= 4 is 29.3 Å². The van der Waals surface area contributed by atoms with Gasteiger partial charge >= 0.3 is 0 Å². The Bertz CT molecular complexity index is 1300. The van der Waals surface area contributed by atoms with Crippen LogP contribution < -0.4 is 10.6 Å². The molecule has 6 heteroatoms. The zero-order valence-corrected chi connectivity index (χ0v) is 22.6. The first kappa shape index (κ1) is 25.1. The Labute approximate surface area is 229 Å². The third-order valence-electron chi connectivity index (χ3n) is 8.66. The quantitative estimate of drug-likeness (QED) is 0.376. The molecule has 1 saturated heterocycles. The zero-order valence-electron chi connectivity index (χ0n) is 21.8. The lowest BCUT2D eigenvalue weighted by atomic mass is 9.79. The van der Waals surface area contributed by atoms with Gasteiger partial charge < -0.3 is 15.5 Å². The number of nitrogens with zero attached hydrogens (tertiary/aromatic N) is 1. The lowest BCUT2D eigenvalue weighted by Gasteiger charge is -2.42. The summed E-state index contributed by atoms with van der Waals surface area (Å²) in [6, 6.07) is 26.7. The van der Waals surface area contributed by atoms with Crippen LogP contribution in [0.4, 0.5) is 5.69 Å². The molecule has 0 radical (unpaired) electrons. The van der Waals surface area contributed by atoms with Gasteiger partial charge in [-0.05, 0) is 67.0 Å². The highest BCUT2D eigenvalue weighted by atomic mass is 32.2. The highest BCUT2D eigenvalue weighted by Gasteiger charge is 2.48. The Kier molecular flexibility index (Phi) is 7.16.